The van der Waals surface area contributed by atoms with E-state index in [9.17, 15) is 4.79 Å². The molecule has 0 radical (unpaired) electrons. The molecule has 1 fully saturated rings. The number of amides is 1. The molecule has 2 atom stereocenters. The van der Waals surface area contributed by atoms with Crippen LogP contribution < -0.4 is 10.6 Å². The van der Waals surface area contributed by atoms with Gasteiger partial charge in [-0.3, -0.25) is 4.79 Å². The van der Waals surface area contributed by atoms with Crippen LogP contribution in [0.4, 0.5) is 0 Å². The van der Waals surface area contributed by atoms with E-state index in [0.29, 0.717) is 17.7 Å². The van der Waals surface area contributed by atoms with Crippen molar-refractivity contribution in [3.63, 3.8) is 0 Å². The summed E-state index contributed by atoms with van der Waals surface area (Å²) in [5, 5.41) is 15.0. The Morgan fingerprint density at radius 3 is 2.84 bits per heavy atom. The van der Waals surface area contributed by atoms with E-state index in [1.54, 1.807) is 0 Å². The van der Waals surface area contributed by atoms with Gasteiger partial charge in [-0.2, -0.15) is 0 Å². The van der Waals surface area contributed by atoms with Gasteiger partial charge in [0.25, 0.3) is 5.91 Å². The molecule has 0 saturated carbocycles. The molecule has 25 heavy (non-hydrogen) atoms. The summed E-state index contributed by atoms with van der Waals surface area (Å²) in [7, 11) is 0. The highest BCUT2D eigenvalue weighted by atomic mass is 16.2. The van der Waals surface area contributed by atoms with Gasteiger partial charge in [-0.05, 0) is 56.3 Å². The van der Waals surface area contributed by atoms with Gasteiger partial charge in [0, 0.05) is 0 Å². The van der Waals surface area contributed by atoms with Crippen molar-refractivity contribution in [3.8, 4) is 0 Å². The molecule has 4 rings (SSSR count). The molecular formula is C19H25N5O. The Kier molecular flexibility index (Phi) is 4.29. The van der Waals surface area contributed by atoms with Gasteiger partial charge < -0.3 is 10.6 Å². The zero-order valence-corrected chi connectivity index (χ0v) is 14.8. The quantitative estimate of drug-likeness (QED) is 0.899. The second-order valence-electron chi connectivity index (χ2n) is 7.28. The Hall–Kier alpha value is -2.21. The number of hydrogen-bond donors (Lipinski definition) is 2. The molecule has 1 aromatic heterocycles. The topological polar surface area (TPSA) is 71.8 Å². The zero-order valence-electron chi connectivity index (χ0n) is 14.8. The molecule has 0 bridgehead atoms. The first-order valence-corrected chi connectivity index (χ1v) is 9.16. The van der Waals surface area contributed by atoms with E-state index in [2.05, 4.69) is 46.1 Å². The molecule has 0 spiro atoms. The van der Waals surface area contributed by atoms with Crippen molar-refractivity contribution >= 4 is 5.91 Å². The first-order chi connectivity index (χ1) is 12.1. The lowest BCUT2D eigenvalue weighted by atomic mass is 10.0. The zero-order chi connectivity index (χ0) is 17.4. The standard InChI is InChI=1S/C19H25N5O/c1-12-11-14-5-3-4-6-16(14)17(12)21-19(25)18-13(2)24(23-22-18)15-7-9-20-10-8-15/h3-6,12,15,17,20H,7-11H2,1-2H3,(H,21,25)/t12-,17+/m0/s1. The van der Waals surface area contributed by atoms with Gasteiger partial charge in [-0.25, -0.2) is 4.68 Å². The Balaban J connectivity index is 1.53. The van der Waals surface area contributed by atoms with Gasteiger partial charge >= 0.3 is 0 Å². The van der Waals surface area contributed by atoms with Crippen LogP contribution in [-0.4, -0.2) is 34.0 Å². The van der Waals surface area contributed by atoms with Crippen molar-refractivity contribution in [1.82, 2.24) is 25.6 Å². The molecule has 1 amide bonds. The van der Waals surface area contributed by atoms with Crippen LogP contribution in [0.15, 0.2) is 24.3 Å². The first kappa shape index (κ1) is 16.3. The molecule has 1 aliphatic carbocycles. The maximum absolute atomic E-state index is 12.8. The highest BCUT2D eigenvalue weighted by molar-refractivity contribution is 5.93. The SMILES string of the molecule is Cc1c(C(=O)N[C@H]2c3ccccc3C[C@@H]2C)nnn1C1CCNCC1. The number of fused-ring (bicyclic) bond motifs is 1. The fourth-order valence-electron chi connectivity index (χ4n) is 4.17. The minimum Gasteiger partial charge on any atom is -0.343 e. The molecule has 1 aromatic carbocycles. The highest BCUT2D eigenvalue weighted by Crippen LogP contribution is 2.35. The number of nitrogens with zero attached hydrogens (tertiary/aromatic N) is 3. The lowest BCUT2D eigenvalue weighted by Crippen LogP contribution is -2.32. The number of carbonyl (C=O) groups is 1. The van der Waals surface area contributed by atoms with Gasteiger partial charge in [0.2, 0.25) is 0 Å². The third kappa shape index (κ3) is 2.95. The predicted octanol–water partition coefficient (Wildman–Crippen LogP) is 2.17. The van der Waals surface area contributed by atoms with Crippen LogP contribution in [0.25, 0.3) is 0 Å². The molecule has 2 heterocycles. The second kappa shape index (κ2) is 6.59. The maximum atomic E-state index is 12.8. The average Bonchev–Trinajstić information content (AvgIpc) is 3.16. The Morgan fingerprint density at radius 2 is 2.04 bits per heavy atom. The van der Waals surface area contributed by atoms with Crippen molar-refractivity contribution in [2.45, 2.75) is 45.2 Å². The number of hydrogen-bond acceptors (Lipinski definition) is 4. The number of rotatable bonds is 3. The van der Waals surface area contributed by atoms with Gasteiger partial charge in [0.05, 0.1) is 17.8 Å². The van der Waals surface area contributed by atoms with Gasteiger partial charge in [0.15, 0.2) is 5.69 Å². The Labute approximate surface area is 148 Å². The maximum Gasteiger partial charge on any atom is 0.274 e. The van der Waals surface area contributed by atoms with Crippen LogP contribution in [0.5, 0.6) is 0 Å². The van der Waals surface area contributed by atoms with Crippen LogP contribution >= 0.6 is 0 Å². The van der Waals surface area contributed by atoms with E-state index in [1.807, 2.05) is 17.7 Å². The largest absolute Gasteiger partial charge is 0.343 e. The van der Waals surface area contributed by atoms with Crippen LogP contribution in [0, 0.1) is 12.8 Å². The van der Waals surface area contributed by atoms with Crippen molar-refractivity contribution in [2.24, 2.45) is 5.92 Å². The second-order valence-corrected chi connectivity index (χ2v) is 7.28. The lowest BCUT2D eigenvalue weighted by Gasteiger charge is -2.23. The third-order valence-corrected chi connectivity index (χ3v) is 5.58. The summed E-state index contributed by atoms with van der Waals surface area (Å²) < 4.78 is 1.93. The number of benzene rings is 1. The summed E-state index contributed by atoms with van der Waals surface area (Å²) in [5.74, 6) is 0.271. The molecule has 2 aromatic rings. The summed E-state index contributed by atoms with van der Waals surface area (Å²) in [6, 6.07) is 8.74. The van der Waals surface area contributed by atoms with Crippen molar-refractivity contribution in [3.05, 3.63) is 46.8 Å². The minimum absolute atomic E-state index is 0.0483. The van der Waals surface area contributed by atoms with Gasteiger partial charge in [-0.15, -0.1) is 5.10 Å². The van der Waals surface area contributed by atoms with E-state index in [-0.39, 0.29) is 11.9 Å². The molecule has 6 heteroatoms. The third-order valence-electron chi connectivity index (χ3n) is 5.58. The fraction of sp³-hybridized carbons (Fsp3) is 0.526. The molecule has 6 nitrogen and oxygen atoms in total. The Bertz CT molecular complexity index is 778. The number of aromatic nitrogens is 3. The van der Waals surface area contributed by atoms with Crippen molar-refractivity contribution in [1.29, 1.82) is 0 Å². The number of nitrogens with one attached hydrogen (secondary N) is 2. The fourth-order valence-corrected chi connectivity index (χ4v) is 4.17. The molecule has 0 unspecified atom stereocenters. The first-order valence-electron chi connectivity index (χ1n) is 9.16. The van der Waals surface area contributed by atoms with Gasteiger partial charge in [0.1, 0.15) is 0 Å². The van der Waals surface area contributed by atoms with Crippen molar-refractivity contribution in [2.75, 3.05) is 13.1 Å². The van der Waals surface area contributed by atoms with E-state index >= 15 is 0 Å². The summed E-state index contributed by atoms with van der Waals surface area (Å²) >= 11 is 0. The molecule has 1 aliphatic heterocycles. The van der Waals surface area contributed by atoms with E-state index < -0.39 is 0 Å². The predicted molar refractivity (Wildman–Crippen MR) is 95.4 cm³/mol. The van der Waals surface area contributed by atoms with E-state index in [4.69, 9.17) is 0 Å². The average molecular weight is 339 g/mol. The summed E-state index contributed by atoms with van der Waals surface area (Å²) in [6.45, 7) is 6.11. The van der Waals surface area contributed by atoms with E-state index in [0.717, 1.165) is 38.0 Å². The van der Waals surface area contributed by atoms with Crippen LogP contribution in [0.1, 0.15) is 59.2 Å². The lowest BCUT2D eigenvalue weighted by molar-refractivity contribution is 0.0921. The molecule has 2 aliphatic rings. The van der Waals surface area contributed by atoms with Crippen LogP contribution in [0.2, 0.25) is 0 Å². The van der Waals surface area contributed by atoms with Crippen LogP contribution in [0.3, 0.4) is 0 Å². The summed E-state index contributed by atoms with van der Waals surface area (Å²) in [4.78, 5) is 12.8. The normalized spacial score (nSPS) is 23.4. The smallest absolute Gasteiger partial charge is 0.274 e. The van der Waals surface area contributed by atoms with Gasteiger partial charge in [-0.1, -0.05) is 36.4 Å². The summed E-state index contributed by atoms with van der Waals surface area (Å²) in [6.07, 6.45) is 3.05. The molecule has 1 saturated heterocycles. The van der Waals surface area contributed by atoms with Crippen molar-refractivity contribution < 1.29 is 4.79 Å². The number of piperidine rings is 1. The molecule has 2 N–H and O–H groups in total. The van der Waals surface area contributed by atoms with E-state index in [1.165, 1.54) is 11.1 Å². The monoisotopic (exact) mass is 339 g/mol. The molecular weight excluding hydrogens is 314 g/mol. The molecule has 132 valence electrons. The highest BCUT2D eigenvalue weighted by Gasteiger charge is 2.32. The minimum atomic E-state index is -0.119. The number of carbonyl (C=O) groups excluding carboxylic acids is 1. The Morgan fingerprint density at radius 1 is 1.28 bits per heavy atom. The summed E-state index contributed by atoms with van der Waals surface area (Å²) in [5.41, 5.74) is 3.88. The van der Waals surface area contributed by atoms with Crippen LogP contribution in [-0.2, 0) is 6.42 Å².